The van der Waals surface area contributed by atoms with Crippen LogP contribution in [0, 0.1) is 5.92 Å². The van der Waals surface area contributed by atoms with E-state index in [9.17, 15) is 4.79 Å². The Morgan fingerprint density at radius 2 is 2.27 bits per heavy atom. The first-order valence-electron chi connectivity index (χ1n) is 5.51. The second kappa shape index (κ2) is 4.94. The number of ether oxygens (including phenoxy) is 1. The highest BCUT2D eigenvalue weighted by molar-refractivity contribution is 5.80. The minimum atomic E-state index is -0.339. The van der Waals surface area contributed by atoms with Gasteiger partial charge >= 0.3 is 0 Å². The summed E-state index contributed by atoms with van der Waals surface area (Å²) < 4.78 is 5.35. The fourth-order valence-corrected chi connectivity index (χ4v) is 1.84. The molecular formula is C11H21NO3. The molecule has 0 bridgehead atoms. The van der Waals surface area contributed by atoms with Crippen LogP contribution in [-0.2, 0) is 9.53 Å². The lowest BCUT2D eigenvalue weighted by molar-refractivity contribution is -0.128. The summed E-state index contributed by atoms with van der Waals surface area (Å²) in [6.45, 7) is 6.52. The highest BCUT2D eigenvalue weighted by Gasteiger charge is 2.33. The van der Waals surface area contributed by atoms with Gasteiger partial charge in [-0.1, -0.05) is 0 Å². The average molecular weight is 215 g/mol. The van der Waals surface area contributed by atoms with Crippen LogP contribution in [0.15, 0.2) is 0 Å². The third-order valence-electron chi connectivity index (χ3n) is 2.91. The lowest BCUT2D eigenvalue weighted by Crippen LogP contribution is -2.47. The van der Waals surface area contributed by atoms with Crippen LogP contribution in [0.2, 0.25) is 0 Å². The maximum absolute atomic E-state index is 11.9. The third-order valence-corrected chi connectivity index (χ3v) is 2.91. The van der Waals surface area contributed by atoms with Gasteiger partial charge in [0.1, 0.15) is 0 Å². The number of carbonyl (C=O) groups excluding carboxylic acids is 1. The van der Waals surface area contributed by atoms with Crippen molar-refractivity contribution in [1.82, 2.24) is 5.32 Å². The molecule has 0 spiro atoms. The molecule has 1 heterocycles. The molecule has 1 fully saturated rings. The van der Waals surface area contributed by atoms with Crippen molar-refractivity contribution >= 4 is 5.91 Å². The zero-order chi connectivity index (χ0) is 11.5. The standard InChI is InChI=1S/C11H21NO3/c1-8-9(4-7-15-8)10(14)12-11(2,3)5-6-13/h8-9,13H,4-7H2,1-3H3,(H,12,14). The van der Waals surface area contributed by atoms with Crippen LogP contribution in [0.5, 0.6) is 0 Å². The zero-order valence-corrected chi connectivity index (χ0v) is 9.75. The van der Waals surface area contributed by atoms with E-state index in [0.29, 0.717) is 13.0 Å². The Labute approximate surface area is 91.0 Å². The van der Waals surface area contributed by atoms with E-state index in [0.717, 1.165) is 6.42 Å². The first-order valence-corrected chi connectivity index (χ1v) is 5.51. The molecule has 1 amide bonds. The van der Waals surface area contributed by atoms with E-state index in [1.807, 2.05) is 20.8 Å². The highest BCUT2D eigenvalue weighted by Crippen LogP contribution is 2.21. The minimum absolute atomic E-state index is 0.00919. The van der Waals surface area contributed by atoms with E-state index in [4.69, 9.17) is 9.84 Å². The van der Waals surface area contributed by atoms with Gasteiger partial charge in [-0.15, -0.1) is 0 Å². The molecule has 0 radical (unpaired) electrons. The monoisotopic (exact) mass is 215 g/mol. The van der Waals surface area contributed by atoms with Crippen molar-refractivity contribution in [2.45, 2.75) is 45.3 Å². The molecule has 0 aromatic carbocycles. The van der Waals surface area contributed by atoms with Crippen LogP contribution in [0.4, 0.5) is 0 Å². The van der Waals surface area contributed by atoms with E-state index < -0.39 is 0 Å². The Kier molecular flexibility index (Phi) is 4.11. The van der Waals surface area contributed by atoms with Crippen molar-refractivity contribution in [2.75, 3.05) is 13.2 Å². The average Bonchev–Trinajstić information content (AvgIpc) is 2.50. The summed E-state index contributed by atoms with van der Waals surface area (Å²) in [5, 5.41) is 11.8. The summed E-state index contributed by atoms with van der Waals surface area (Å²) in [6.07, 6.45) is 1.37. The first kappa shape index (κ1) is 12.5. The number of amides is 1. The molecular weight excluding hydrogens is 194 g/mol. The van der Waals surface area contributed by atoms with E-state index in [2.05, 4.69) is 5.32 Å². The van der Waals surface area contributed by atoms with Gasteiger partial charge in [0, 0.05) is 18.8 Å². The number of nitrogens with one attached hydrogen (secondary N) is 1. The normalized spacial score (nSPS) is 26.7. The summed E-state index contributed by atoms with van der Waals surface area (Å²) >= 11 is 0. The van der Waals surface area contributed by atoms with E-state index in [1.54, 1.807) is 0 Å². The summed E-state index contributed by atoms with van der Waals surface area (Å²) in [7, 11) is 0. The summed E-state index contributed by atoms with van der Waals surface area (Å²) in [5.74, 6) is 0.00131. The summed E-state index contributed by atoms with van der Waals surface area (Å²) in [6, 6.07) is 0. The fraction of sp³-hybridized carbons (Fsp3) is 0.909. The second-order valence-corrected chi connectivity index (χ2v) is 4.82. The second-order valence-electron chi connectivity index (χ2n) is 4.82. The Hall–Kier alpha value is -0.610. The van der Waals surface area contributed by atoms with Gasteiger partial charge in [-0.05, 0) is 33.6 Å². The number of hydrogen-bond acceptors (Lipinski definition) is 3. The number of hydrogen-bond donors (Lipinski definition) is 2. The fourth-order valence-electron chi connectivity index (χ4n) is 1.84. The molecule has 0 saturated carbocycles. The molecule has 15 heavy (non-hydrogen) atoms. The molecule has 2 unspecified atom stereocenters. The highest BCUT2D eigenvalue weighted by atomic mass is 16.5. The summed E-state index contributed by atoms with van der Waals surface area (Å²) in [5.41, 5.74) is -0.339. The Bertz CT molecular complexity index is 228. The van der Waals surface area contributed by atoms with Crippen LogP contribution in [0.25, 0.3) is 0 Å². The SMILES string of the molecule is CC1OCCC1C(=O)NC(C)(C)CCO. The van der Waals surface area contributed by atoms with Gasteiger partial charge < -0.3 is 15.2 Å². The van der Waals surface area contributed by atoms with Crippen LogP contribution in [-0.4, -0.2) is 35.9 Å². The van der Waals surface area contributed by atoms with Gasteiger partial charge in [-0.3, -0.25) is 4.79 Å². The molecule has 0 aromatic rings. The van der Waals surface area contributed by atoms with Crippen LogP contribution >= 0.6 is 0 Å². The molecule has 2 N–H and O–H groups in total. The Balaban J connectivity index is 2.47. The van der Waals surface area contributed by atoms with E-state index >= 15 is 0 Å². The molecule has 4 heteroatoms. The van der Waals surface area contributed by atoms with Gasteiger partial charge in [-0.25, -0.2) is 0 Å². The molecule has 1 saturated heterocycles. The van der Waals surface area contributed by atoms with Gasteiger partial charge in [0.25, 0.3) is 0 Å². The third kappa shape index (κ3) is 3.47. The van der Waals surface area contributed by atoms with E-state index in [-0.39, 0.29) is 30.1 Å². The predicted octanol–water partition coefficient (Wildman–Crippen LogP) is 0.689. The lowest BCUT2D eigenvalue weighted by Gasteiger charge is -2.27. The molecule has 88 valence electrons. The van der Waals surface area contributed by atoms with Crippen LogP contribution in [0.1, 0.15) is 33.6 Å². The predicted molar refractivity (Wildman–Crippen MR) is 57.4 cm³/mol. The van der Waals surface area contributed by atoms with Crippen molar-refractivity contribution in [3.05, 3.63) is 0 Å². The molecule has 1 aliphatic heterocycles. The number of rotatable bonds is 4. The summed E-state index contributed by atoms with van der Waals surface area (Å²) in [4.78, 5) is 11.9. The van der Waals surface area contributed by atoms with Gasteiger partial charge in [0.15, 0.2) is 0 Å². The van der Waals surface area contributed by atoms with Crippen molar-refractivity contribution in [2.24, 2.45) is 5.92 Å². The number of aliphatic hydroxyl groups excluding tert-OH is 1. The molecule has 0 aliphatic carbocycles. The number of carbonyl (C=O) groups is 1. The first-order chi connectivity index (χ1) is 6.96. The Morgan fingerprint density at radius 3 is 2.73 bits per heavy atom. The van der Waals surface area contributed by atoms with Gasteiger partial charge in [-0.2, -0.15) is 0 Å². The smallest absolute Gasteiger partial charge is 0.226 e. The van der Waals surface area contributed by atoms with Gasteiger partial charge in [0.05, 0.1) is 12.0 Å². The van der Waals surface area contributed by atoms with E-state index in [1.165, 1.54) is 0 Å². The molecule has 1 rings (SSSR count). The van der Waals surface area contributed by atoms with Crippen molar-refractivity contribution in [1.29, 1.82) is 0 Å². The van der Waals surface area contributed by atoms with Crippen molar-refractivity contribution in [3.63, 3.8) is 0 Å². The molecule has 0 aromatic heterocycles. The maximum Gasteiger partial charge on any atom is 0.226 e. The van der Waals surface area contributed by atoms with Crippen LogP contribution in [0.3, 0.4) is 0 Å². The lowest BCUT2D eigenvalue weighted by atomic mass is 9.96. The molecule has 1 aliphatic rings. The number of aliphatic hydroxyl groups is 1. The molecule has 2 atom stereocenters. The topological polar surface area (TPSA) is 58.6 Å². The van der Waals surface area contributed by atoms with Crippen molar-refractivity contribution < 1.29 is 14.6 Å². The zero-order valence-electron chi connectivity index (χ0n) is 9.75. The largest absolute Gasteiger partial charge is 0.396 e. The molecule has 4 nitrogen and oxygen atoms in total. The maximum atomic E-state index is 11.9. The van der Waals surface area contributed by atoms with Crippen LogP contribution < -0.4 is 5.32 Å². The van der Waals surface area contributed by atoms with Gasteiger partial charge in [0.2, 0.25) is 5.91 Å². The Morgan fingerprint density at radius 1 is 1.60 bits per heavy atom. The quantitative estimate of drug-likeness (QED) is 0.725. The minimum Gasteiger partial charge on any atom is -0.396 e. The van der Waals surface area contributed by atoms with Crippen molar-refractivity contribution in [3.8, 4) is 0 Å².